The smallest absolute Gasteiger partial charge is 0.119 e. The average molecular weight is 209 g/mol. The van der Waals surface area contributed by atoms with E-state index in [4.69, 9.17) is 4.74 Å². The predicted molar refractivity (Wildman–Crippen MR) is 60.6 cm³/mol. The van der Waals surface area contributed by atoms with E-state index < -0.39 is 0 Å². The van der Waals surface area contributed by atoms with Crippen LogP contribution in [0.2, 0.25) is 0 Å². The third-order valence-electron chi connectivity index (χ3n) is 4.60. The van der Waals surface area contributed by atoms with Crippen LogP contribution in [-0.2, 0) is 4.74 Å². The molecule has 0 bridgehead atoms. The summed E-state index contributed by atoms with van der Waals surface area (Å²) in [5.41, 5.74) is 1.04. The lowest BCUT2D eigenvalue weighted by atomic mass is 9.72. The minimum atomic E-state index is 0.0373. The molecular weight excluding hydrogens is 186 g/mol. The van der Waals surface area contributed by atoms with Gasteiger partial charge in [0.05, 0.1) is 6.61 Å². The van der Waals surface area contributed by atoms with E-state index in [-0.39, 0.29) is 5.72 Å². The molecule has 0 amide bonds. The Morgan fingerprint density at radius 1 is 1.07 bits per heavy atom. The Labute approximate surface area is 92.8 Å². The maximum atomic E-state index is 6.21. The van der Waals surface area contributed by atoms with E-state index >= 15 is 0 Å². The van der Waals surface area contributed by atoms with Gasteiger partial charge in [-0.05, 0) is 43.9 Å². The molecule has 0 radical (unpaired) electrons. The summed E-state index contributed by atoms with van der Waals surface area (Å²) >= 11 is 0. The molecule has 2 saturated carbocycles. The van der Waals surface area contributed by atoms with Crippen molar-refractivity contribution in [3.8, 4) is 0 Å². The fraction of sp³-hybridized carbons (Fsp3) is 1.00. The summed E-state index contributed by atoms with van der Waals surface area (Å²) in [5, 5.41) is 3.72. The lowest BCUT2D eigenvalue weighted by Gasteiger charge is -2.49. The van der Waals surface area contributed by atoms with Crippen molar-refractivity contribution in [1.29, 1.82) is 0 Å². The van der Waals surface area contributed by atoms with E-state index in [0.29, 0.717) is 10.8 Å². The van der Waals surface area contributed by atoms with Crippen molar-refractivity contribution in [3.63, 3.8) is 0 Å². The highest BCUT2D eigenvalue weighted by molar-refractivity contribution is 5.02. The van der Waals surface area contributed by atoms with Gasteiger partial charge in [-0.1, -0.05) is 13.8 Å². The molecule has 2 nitrogen and oxygen atoms in total. The second kappa shape index (κ2) is 2.98. The zero-order chi connectivity index (χ0) is 10.6. The fourth-order valence-electron chi connectivity index (χ4n) is 3.32. The zero-order valence-electron chi connectivity index (χ0n) is 10.1. The number of ether oxygens (including phenoxy) is 1. The second-order valence-electron chi connectivity index (χ2n) is 6.83. The largest absolute Gasteiger partial charge is 0.360 e. The van der Waals surface area contributed by atoms with Gasteiger partial charge in [0.2, 0.25) is 0 Å². The summed E-state index contributed by atoms with van der Waals surface area (Å²) in [6, 6.07) is 0. The van der Waals surface area contributed by atoms with Crippen molar-refractivity contribution < 1.29 is 4.74 Å². The van der Waals surface area contributed by atoms with Gasteiger partial charge in [-0.2, -0.15) is 0 Å². The summed E-state index contributed by atoms with van der Waals surface area (Å²) in [6.45, 7) is 6.96. The molecule has 1 heterocycles. The van der Waals surface area contributed by atoms with E-state index in [1.54, 1.807) is 0 Å². The molecule has 1 aliphatic heterocycles. The van der Waals surface area contributed by atoms with E-state index in [0.717, 1.165) is 6.61 Å². The van der Waals surface area contributed by atoms with Crippen LogP contribution in [0.3, 0.4) is 0 Å². The SMILES string of the molecule is CC1(C)CCCC2(C1)NCC1(CC1)CO2. The molecule has 0 aromatic rings. The number of hydrogen-bond donors (Lipinski definition) is 1. The van der Waals surface area contributed by atoms with Crippen LogP contribution in [0.25, 0.3) is 0 Å². The Bertz CT molecular complexity index is 258. The summed E-state index contributed by atoms with van der Waals surface area (Å²) < 4.78 is 6.21. The molecule has 1 unspecified atom stereocenters. The maximum absolute atomic E-state index is 6.21. The van der Waals surface area contributed by atoms with Gasteiger partial charge in [-0.15, -0.1) is 0 Å². The Morgan fingerprint density at radius 3 is 2.40 bits per heavy atom. The van der Waals surface area contributed by atoms with Crippen LogP contribution in [0.1, 0.15) is 52.4 Å². The minimum Gasteiger partial charge on any atom is -0.360 e. The molecule has 3 aliphatic rings. The topological polar surface area (TPSA) is 21.3 Å². The van der Waals surface area contributed by atoms with E-state index in [9.17, 15) is 0 Å². The minimum absolute atomic E-state index is 0.0373. The van der Waals surface area contributed by atoms with Gasteiger partial charge >= 0.3 is 0 Å². The van der Waals surface area contributed by atoms with Crippen LogP contribution in [0.4, 0.5) is 0 Å². The van der Waals surface area contributed by atoms with Gasteiger partial charge in [-0.25, -0.2) is 0 Å². The molecule has 1 N–H and O–H groups in total. The van der Waals surface area contributed by atoms with Crippen molar-refractivity contribution in [1.82, 2.24) is 5.32 Å². The molecular formula is C13H23NO. The lowest BCUT2D eigenvalue weighted by molar-refractivity contribution is -0.160. The first-order chi connectivity index (χ1) is 7.04. The van der Waals surface area contributed by atoms with Crippen LogP contribution in [0.5, 0.6) is 0 Å². The number of nitrogens with one attached hydrogen (secondary N) is 1. The van der Waals surface area contributed by atoms with Crippen LogP contribution >= 0.6 is 0 Å². The van der Waals surface area contributed by atoms with Crippen LogP contribution < -0.4 is 5.32 Å². The molecule has 86 valence electrons. The van der Waals surface area contributed by atoms with Crippen molar-refractivity contribution >= 4 is 0 Å². The first-order valence-electron chi connectivity index (χ1n) is 6.42. The molecule has 3 fully saturated rings. The molecule has 0 aromatic heterocycles. The average Bonchev–Trinajstić information content (AvgIpc) is 2.91. The number of rotatable bonds is 0. The molecule has 1 atom stereocenters. The summed E-state index contributed by atoms with van der Waals surface area (Å²) in [6.07, 6.45) is 7.82. The zero-order valence-corrected chi connectivity index (χ0v) is 10.1. The second-order valence-corrected chi connectivity index (χ2v) is 6.83. The van der Waals surface area contributed by atoms with Crippen molar-refractivity contribution in [2.75, 3.05) is 13.2 Å². The van der Waals surface area contributed by atoms with Crippen LogP contribution in [-0.4, -0.2) is 18.9 Å². The third-order valence-corrected chi connectivity index (χ3v) is 4.60. The highest BCUT2D eigenvalue weighted by atomic mass is 16.5. The van der Waals surface area contributed by atoms with Gasteiger partial charge in [0.25, 0.3) is 0 Å². The first kappa shape index (κ1) is 10.1. The normalized spacial score (nSPS) is 42.0. The predicted octanol–water partition coefficient (Wildman–Crippen LogP) is 2.68. The lowest BCUT2D eigenvalue weighted by Crippen LogP contribution is -2.58. The molecule has 2 aliphatic carbocycles. The summed E-state index contributed by atoms with van der Waals surface area (Å²) in [5.74, 6) is 0. The van der Waals surface area contributed by atoms with Gasteiger partial charge in [-0.3, -0.25) is 5.32 Å². The Hall–Kier alpha value is -0.0800. The van der Waals surface area contributed by atoms with Gasteiger partial charge in [0.1, 0.15) is 5.72 Å². The van der Waals surface area contributed by atoms with E-state index in [1.165, 1.54) is 45.1 Å². The fourth-order valence-corrected chi connectivity index (χ4v) is 3.32. The third kappa shape index (κ3) is 1.83. The van der Waals surface area contributed by atoms with Crippen LogP contribution in [0, 0.1) is 10.8 Å². The van der Waals surface area contributed by atoms with E-state index in [2.05, 4.69) is 19.2 Å². The Kier molecular flexibility index (Phi) is 2.01. The van der Waals surface area contributed by atoms with E-state index in [1.807, 2.05) is 0 Å². The molecule has 2 spiro atoms. The maximum Gasteiger partial charge on any atom is 0.119 e. The molecule has 3 rings (SSSR count). The first-order valence-corrected chi connectivity index (χ1v) is 6.42. The monoisotopic (exact) mass is 209 g/mol. The van der Waals surface area contributed by atoms with Gasteiger partial charge in [0.15, 0.2) is 0 Å². The van der Waals surface area contributed by atoms with Crippen molar-refractivity contribution in [3.05, 3.63) is 0 Å². The molecule has 15 heavy (non-hydrogen) atoms. The summed E-state index contributed by atoms with van der Waals surface area (Å²) in [7, 11) is 0. The van der Waals surface area contributed by atoms with Crippen molar-refractivity contribution in [2.45, 2.75) is 58.1 Å². The molecule has 0 aromatic carbocycles. The Morgan fingerprint density at radius 2 is 1.87 bits per heavy atom. The Balaban J connectivity index is 1.69. The number of hydrogen-bond acceptors (Lipinski definition) is 2. The molecule has 1 saturated heterocycles. The van der Waals surface area contributed by atoms with Gasteiger partial charge < -0.3 is 4.74 Å². The molecule has 2 heteroatoms. The highest BCUT2D eigenvalue weighted by Gasteiger charge is 2.52. The van der Waals surface area contributed by atoms with Crippen LogP contribution in [0.15, 0.2) is 0 Å². The highest BCUT2D eigenvalue weighted by Crippen LogP contribution is 2.51. The quantitative estimate of drug-likeness (QED) is 0.662. The summed E-state index contributed by atoms with van der Waals surface area (Å²) in [4.78, 5) is 0. The van der Waals surface area contributed by atoms with Gasteiger partial charge in [0, 0.05) is 12.0 Å². The van der Waals surface area contributed by atoms with Crippen molar-refractivity contribution in [2.24, 2.45) is 10.8 Å². The standard InChI is InChI=1S/C13H23NO/c1-11(2)4-3-5-13(8-11)14-9-12(6-7-12)10-15-13/h14H,3-10H2,1-2H3.